The lowest BCUT2D eigenvalue weighted by molar-refractivity contribution is -0.123. The zero-order valence-electron chi connectivity index (χ0n) is 43.8. The first-order valence-corrected chi connectivity index (χ1v) is 29.0. The summed E-state index contributed by atoms with van der Waals surface area (Å²) in [5.41, 5.74) is 0. The summed E-state index contributed by atoms with van der Waals surface area (Å²) in [7, 11) is 0. The Morgan fingerprint density at radius 1 is 0.385 bits per heavy atom. The minimum atomic E-state index is -0.662. The van der Waals surface area contributed by atoms with Crippen LogP contribution in [0.4, 0.5) is 0 Å². The number of unbranched alkanes of at least 4 members (excludes halogenated alkanes) is 36. The van der Waals surface area contributed by atoms with Crippen molar-refractivity contribution in [1.29, 1.82) is 0 Å². The minimum Gasteiger partial charge on any atom is -0.394 e. The van der Waals surface area contributed by atoms with Crippen LogP contribution in [0, 0.1) is 0 Å². The second kappa shape index (κ2) is 56.4. The number of aliphatic hydroxyl groups excluding tert-OH is 2. The van der Waals surface area contributed by atoms with Crippen molar-refractivity contribution in [1.82, 2.24) is 5.32 Å². The molecule has 0 spiro atoms. The molecule has 380 valence electrons. The zero-order valence-corrected chi connectivity index (χ0v) is 43.8. The molecule has 65 heavy (non-hydrogen) atoms. The summed E-state index contributed by atoms with van der Waals surface area (Å²) in [6.07, 6.45) is 79.3. The Bertz CT molecular complexity index is 1070. The smallest absolute Gasteiger partial charge is 0.220 e. The van der Waals surface area contributed by atoms with E-state index in [1.54, 1.807) is 0 Å². The van der Waals surface area contributed by atoms with E-state index >= 15 is 0 Å². The van der Waals surface area contributed by atoms with Crippen molar-refractivity contribution >= 4 is 5.91 Å². The van der Waals surface area contributed by atoms with E-state index in [4.69, 9.17) is 0 Å². The Balaban J connectivity index is 3.46. The molecule has 1 amide bonds. The van der Waals surface area contributed by atoms with Crippen molar-refractivity contribution < 1.29 is 15.0 Å². The van der Waals surface area contributed by atoms with E-state index < -0.39 is 12.1 Å². The van der Waals surface area contributed by atoms with Crippen molar-refractivity contribution in [3.63, 3.8) is 0 Å². The van der Waals surface area contributed by atoms with Crippen LogP contribution in [0.2, 0.25) is 0 Å². The van der Waals surface area contributed by atoms with Gasteiger partial charge in [0.2, 0.25) is 5.91 Å². The first kappa shape index (κ1) is 63.1. The van der Waals surface area contributed by atoms with Crippen LogP contribution in [0.1, 0.15) is 303 Å². The van der Waals surface area contributed by atoms with Gasteiger partial charge in [0, 0.05) is 6.42 Å². The quantitative estimate of drug-likeness (QED) is 0.0421. The molecular weight excluding hydrogens is 795 g/mol. The second-order valence-corrected chi connectivity index (χ2v) is 19.7. The van der Waals surface area contributed by atoms with Crippen molar-refractivity contribution in [2.24, 2.45) is 0 Å². The van der Waals surface area contributed by atoms with Crippen LogP contribution in [0.15, 0.2) is 60.8 Å². The van der Waals surface area contributed by atoms with Crippen LogP contribution >= 0.6 is 0 Å². The number of aliphatic hydroxyl groups is 2. The van der Waals surface area contributed by atoms with Gasteiger partial charge >= 0.3 is 0 Å². The molecule has 3 N–H and O–H groups in total. The SMILES string of the molecule is CC/C=C\C/C=C\C/C=C\C/C=C\C/C=C\CCCCCCCCCCCCCCCCCC(=O)NC(CO)C(O)CCCCCCCCCCCCCCCCCCCCCCCC. The number of nitrogens with one attached hydrogen (secondary N) is 1. The molecule has 0 saturated carbocycles. The molecular formula is C61H113NO3. The molecule has 0 aromatic carbocycles. The van der Waals surface area contributed by atoms with Crippen LogP contribution in [-0.4, -0.2) is 34.9 Å². The molecule has 0 aromatic heterocycles. The molecule has 2 atom stereocenters. The fourth-order valence-electron chi connectivity index (χ4n) is 8.92. The van der Waals surface area contributed by atoms with Crippen LogP contribution in [0.5, 0.6) is 0 Å². The van der Waals surface area contributed by atoms with Crippen molar-refractivity contribution in [3.8, 4) is 0 Å². The molecule has 2 unspecified atom stereocenters. The van der Waals surface area contributed by atoms with Gasteiger partial charge in [-0.05, 0) is 57.8 Å². The van der Waals surface area contributed by atoms with Gasteiger partial charge in [0.1, 0.15) is 0 Å². The van der Waals surface area contributed by atoms with Crippen LogP contribution < -0.4 is 5.32 Å². The largest absolute Gasteiger partial charge is 0.394 e. The monoisotopic (exact) mass is 908 g/mol. The van der Waals surface area contributed by atoms with Crippen molar-refractivity contribution in [2.45, 2.75) is 315 Å². The van der Waals surface area contributed by atoms with Crippen LogP contribution in [0.25, 0.3) is 0 Å². The van der Waals surface area contributed by atoms with Gasteiger partial charge in [0.15, 0.2) is 0 Å². The fourth-order valence-corrected chi connectivity index (χ4v) is 8.92. The highest BCUT2D eigenvalue weighted by Gasteiger charge is 2.20. The highest BCUT2D eigenvalue weighted by molar-refractivity contribution is 5.76. The summed E-state index contributed by atoms with van der Waals surface area (Å²) in [6, 6.07) is -0.539. The number of hydrogen-bond acceptors (Lipinski definition) is 3. The van der Waals surface area contributed by atoms with E-state index in [1.165, 1.54) is 218 Å². The van der Waals surface area contributed by atoms with Crippen molar-refractivity contribution in [3.05, 3.63) is 60.8 Å². The van der Waals surface area contributed by atoms with Gasteiger partial charge < -0.3 is 15.5 Å². The average Bonchev–Trinajstić information content (AvgIpc) is 3.31. The number of rotatable bonds is 53. The Hall–Kier alpha value is -1.91. The van der Waals surface area contributed by atoms with Gasteiger partial charge in [0.25, 0.3) is 0 Å². The van der Waals surface area contributed by atoms with Crippen molar-refractivity contribution in [2.75, 3.05) is 6.61 Å². The van der Waals surface area contributed by atoms with E-state index in [-0.39, 0.29) is 12.5 Å². The molecule has 0 saturated heterocycles. The van der Waals surface area contributed by atoms with E-state index in [2.05, 4.69) is 79.9 Å². The lowest BCUT2D eigenvalue weighted by atomic mass is 10.0. The van der Waals surface area contributed by atoms with Gasteiger partial charge in [-0.3, -0.25) is 4.79 Å². The molecule has 0 aliphatic carbocycles. The standard InChI is InChI=1S/C61H113NO3/c1-3-5-7-9-11-13-15-17-19-21-23-25-27-28-29-30-31-32-33-34-35-37-39-41-43-45-47-49-51-53-55-57-61(65)62-59(58-63)60(64)56-54-52-50-48-46-44-42-40-38-36-26-24-22-20-18-16-14-12-10-8-6-4-2/h5,7,11,13,17,19,23,25,28-29,59-60,63-64H,3-4,6,8-10,12,14-16,18,20-22,24,26-27,30-58H2,1-2H3,(H,62,65)/b7-5-,13-11-,19-17-,25-23-,29-28-. The maximum Gasteiger partial charge on any atom is 0.220 e. The molecule has 0 radical (unpaired) electrons. The third kappa shape index (κ3) is 52.9. The predicted molar refractivity (Wildman–Crippen MR) is 290 cm³/mol. The maximum atomic E-state index is 12.5. The molecule has 0 fully saturated rings. The average molecular weight is 909 g/mol. The number of allylic oxidation sites excluding steroid dienone is 10. The summed E-state index contributed by atoms with van der Waals surface area (Å²) in [4.78, 5) is 12.5. The van der Waals surface area contributed by atoms with E-state index in [0.29, 0.717) is 12.8 Å². The van der Waals surface area contributed by atoms with E-state index in [1.807, 2.05) is 0 Å². The van der Waals surface area contributed by atoms with Crippen LogP contribution in [-0.2, 0) is 4.79 Å². The third-order valence-corrected chi connectivity index (χ3v) is 13.3. The Kier molecular flexibility index (Phi) is 54.8. The normalized spacial score (nSPS) is 13.2. The highest BCUT2D eigenvalue weighted by Crippen LogP contribution is 2.18. The minimum absolute atomic E-state index is 0.0291. The van der Waals surface area contributed by atoms with Gasteiger partial charge in [-0.15, -0.1) is 0 Å². The van der Waals surface area contributed by atoms with Crippen LogP contribution in [0.3, 0.4) is 0 Å². The number of carbonyl (C=O) groups excluding carboxylic acids is 1. The molecule has 0 heterocycles. The first-order chi connectivity index (χ1) is 32.2. The molecule has 0 rings (SSSR count). The Morgan fingerprint density at radius 2 is 0.677 bits per heavy atom. The molecule has 4 heteroatoms. The summed E-state index contributed by atoms with van der Waals surface area (Å²) in [5.74, 6) is -0.0291. The first-order valence-electron chi connectivity index (χ1n) is 29.0. The van der Waals surface area contributed by atoms with Gasteiger partial charge in [-0.2, -0.15) is 0 Å². The predicted octanol–water partition coefficient (Wildman–Crippen LogP) is 19.2. The van der Waals surface area contributed by atoms with Gasteiger partial charge in [-0.1, -0.05) is 299 Å². The van der Waals surface area contributed by atoms with Gasteiger partial charge in [0.05, 0.1) is 18.8 Å². The molecule has 0 aromatic rings. The Morgan fingerprint density at radius 3 is 1.02 bits per heavy atom. The number of carbonyl (C=O) groups is 1. The van der Waals surface area contributed by atoms with E-state index in [0.717, 1.165) is 57.8 Å². The third-order valence-electron chi connectivity index (χ3n) is 13.3. The summed E-state index contributed by atoms with van der Waals surface area (Å²) in [5, 5.41) is 23.4. The lowest BCUT2D eigenvalue weighted by Crippen LogP contribution is -2.45. The molecule has 0 aliphatic heterocycles. The second-order valence-electron chi connectivity index (χ2n) is 19.7. The molecule has 0 bridgehead atoms. The lowest BCUT2D eigenvalue weighted by Gasteiger charge is -2.22. The number of hydrogen-bond donors (Lipinski definition) is 3. The zero-order chi connectivity index (χ0) is 47.0. The summed E-state index contributed by atoms with van der Waals surface area (Å²) in [6.45, 7) is 4.27. The Labute approximate surface area is 406 Å². The summed E-state index contributed by atoms with van der Waals surface area (Å²) < 4.78 is 0. The fraction of sp³-hybridized carbons (Fsp3) is 0.820. The van der Waals surface area contributed by atoms with E-state index in [9.17, 15) is 15.0 Å². The van der Waals surface area contributed by atoms with Gasteiger partial charge in [-0.25, -0.2) is 0 Å². The maximum absolute atomic E-state index is 12.5. The summed E-state index contributed by atoms with van der Waals surface area (Å²) >= 11 is 0. The highest BCUT2D eigenvalue weighted by atomic mass is 16.3. The number of amides is 1. The topological polar surface area (TPSA) is 69.6 Å². The molecule has 0 aliphatic rings. The molecule has 4 nitrogen and oxygen atoms in total.